The molecular formula is C17H26ClN5O2. The largest absolute Gasteiger partial charge is 0.391 e. The fourth-order valence-corrected chi connectivity index (χ4v) is 3.93. The summed E-state index contributed by atoms with van der Waals surface area (Å²) in [6, 6.07) is 0. The lowest BCUT2D eigenvalue weighted by atomic mass is 9.82. The normalized spacial score (nSPS) is 22.6. The molecule has 0 spiro atoms. The average Bonchev–Trinajstić information content (AvgIpc) is 3.22. The number of nitrogen functional groups attached to an aromatic ring is 1. The van der Waals surface area contributed by atoms with Crippen molar-refractivity contribution in [3.8, 4) is 0 Å². The molecule has 8 heteroatoms. The molecule has 0 bridgehead atoms. The second-order valence-corrected chi connectivity index (χ2v) is 7.21. The van der Waals surface area contributed by atoms with Crippen LogP contribution in [0, 0.1) is 0 Å². The number of aliphatic hydroxyl groups excluding tert-OH is 1. The predicted octanol–water partition coefficient (Wildman–Crippen LogP) is 2.74. The Labute approximate surface area is 152 Å². The van der Waals surface area contributed by atoms with Crippen LogP contribution in [-0.2, 0) is 10.2 Å². The predicted molar refractivity (Wildman–Crippen MR) is 96.7 cm³/mol. The van der Waals surface area contributed by atoms with E-state index in [4.69, 9.17) is 27.2 Å². The minimum atomic E-state index is -0.186. The molecule has 1 saturated carbocycles. The van der Waals surface area contributed by atoms with Crippen molar-refractivity contribution in [1.29, 1.82) is 0 Å². The van der Waals surface area contributed by atoms with Crippen LogP contribution in [0.5, 0.6) is 0 Å². The van der Waals surface area contributed by atoms with Gasteiger partial charge in [0, 0.05) is 12.0 Å². The maximum absolute atomic E-state index is 8.78. The summed E-state index contributed by atoms with van der Waals surface area (Å²) < 4.78 is 6.71. The van der Waals surface area contributed by atoms with E-state index in [-0.39, 0.29) is 17.5 Å². The number of fused-ring (bicyclic) bond motifs is 1. The van der Waals surface area contributed by atoms with E-state index in [1.165, 1.54) is 12.8 Å². The number of hydrogen-bond donors (Lipinski definition) is 2. The van der Waals surface area contributed by atoms with Crippen LogP contribution in [0.3, 0.4) is 0 Å². The van der Waals surface area contributed by atoms with Crippen molar-refractivity contribution in [2.75, 3.05) is 18.9 Å². The van der Waals surface area contributed by atoms with E-state index in [0.29, 0.717) is 11.8 Å². The van der Waals surface area contributed by atoms with Gasteiger partial charge in [0.25, 0.3) is 0 Å². The lowest BCUT2D eigenvalue weighted by molar-refractivity contribution is -0.00535. The van der Waals surface area contributed by atoms with Gasteiger partial charge >= 0.3 is 0 Å². The molecule has 4 rings (SSSR count). The summed E-state index contributed by atoms with van der Waals surface area (Å²) >= 11 is 6.17. The number of ether oxygens (including phenoxy) is 1. The van der Waals surface area contributed by atoms with Crippen LogP contribution in [0.25, 0.3) is 5.52 Å². The second-order valence-electron chi connectivity index (χ2n) is 6.85. The summed E-state index contributed by atoms with van der Waals surface area (Å²) in [7, 11) is 0. The second kappa shape index (κ2) is 7.85. The number of imidazole rings is 1. The van der Waals surface area contributed by atoms with Gasteiger partial charge in [-0.25, -0.2) is 14.5 Å². The van der Waals surface area contributed by atoms with E-state index in [9.17, 15) is 0 Å². The van der Waals surface area contributed by atoms with Crippen molar-refractivity contribution in [2.45, 2.75) is 63.4 Å². The molecule has 138 valence electrons. The van der Waals surface area contributed by atoms with Crippen LogP contribution >= 0.6 is 11.6 Å². The zero-order chi connectivity index (χ0) is 17.9. The smallest absolute Gasteiger partial charge is 0.238 e. The first-order valence-electron chi connectivity index (χ1n) is 8.99. The number of aromatic nitrogens is 4. The summed E-state index contributed by atoms with van der Waals surface area (Å²) in [5.41, 5.74) is 6.50. The van der Waals surface area contributed by atoms with Crippen molar-refractivity contribution in [1.82, 2.24) is 19.6 Å². The molecule has 3 N–H and O–H groups in total. The van der Waals surface area contributed by atoms with E-state index in [1.807, 2.05) is 0 Å². The van der Waals surface area contributed by atoms with E-state index in [0.717, 1.165) is 50.1 Å². The molecule has 7 nitrogen and oxygen atoms in total. The van der Waals surface area contributed by atoms with Gasteiger partial charge in [0.2, 0.25) is 5.95 Å². The highest BCUT2D eigenvalue weighted by molar-refractivity contribution is 6.32. The zero-order valence-electron chi connectivity index (χ0n) is 14.6. The first kappa shape index (κ1) is 18.4. The van der Waals surface area contributed by atoms with Crippen LogP contribution in [0.15, 0.2) is 6.20 Å². The van der Waals surface area contributed by atoms with Crippen molar-refractivity contribution in [3.05, 3.63) is 17.2 Å². The summed E-state index contributed by atoms with van der Waals surface area (Å²) in [6.45, 7) is 3.57. The topological polar surface area (TPSA) is 98.6 Å². The van der Waals surface area contributed by atoms with Crippen LogP contribution in [0.2, 0.25) is 5.15 Å². The molecule has 1 atom stereocenters. The molecular weight excluding hydrogens is 342 g/mol. The minimum Gasteiger partial charge on any atom is -0.391 e. The van der Waals surface area contributed by atoms with E-state index in [2.05, 4.69) is 22.0 Å². The quantitative estimate of drug-likeness (QED) is 0.846. The molecule has 1 unspecified atom stereocenters. The highest BCUT2D eigenvalue weighted by atomic mass is 35.5. The number of nitrogens with two attached hydrogens (primary N) is 1. The third-order valence-corrected chi connectivity index (χ3v) is 5.49. The summed E-state index contributed by atoms with van der Waals surface area (Å²) in [5, 5.41) is 13.5. The SMILES string of the molecule is CCC1(c2nc(Cl)c3cnc(N)nn23)CCCC1.OC1CCCOC1. The van der Waals surface area contributed by atoms with Gasteiger partial charge in [-0.15, -0.1) is 5.10 Å². The monoisotopic (exact) mass is 367 g/mol. The summed E-state index contributed by atoms with van der Waals surface area (Å²) in [4.78, 5) is 8.50. The Kier molecular flexibility index (Phi) is 5.76. The van der Waals surface area contributed by atoms with Gasteiger partial charge in [-0.1, -0.05) is 31.4 Å². The van der Waals surface area contributed by atoms with Gasteiger partial charge in [-0.2, -0.15) is 0 Å². The van der Waals surface area contributed by atoms with Crippen LogP contribution in [0.4, 0.5) is 5.95 Å². The van der Waals surface area contributed by atoms with Gasteiger partial charge in [0.05, 0.1) is 18.9 Å². The Bertz CT molecular complexity index is 708. The summed E-state index contributed by atoms with van der Waals surface area (Å²) in [6.07, 6.45) is 9.19. The maximum Gasteiger partial charge on any atom is 0.238 e. The van der Waals surface area contributed by atoms with Crippen molar-refractivity contribution >= 4 is 23.1 Å². The molecule has 25 heavy (non-hydrogen) atoms. The molecule has 0 aromatic carbocycles. The number of rotatable bonds is 2. The molecule has 3 heterocycles. The Morgan fingerprint density at radius 2 is 2.16 bits per heavy atom. The Hall–Kier alpha value is -1.44. The Morgan fingerprint density at radius 1 is 1.40 bits per heavy atom. The molecule has 2 aliphatic rings. The Morgan fingerprint density at radius 3 is 2.72 bits per heavy atom. The number of hydrogen-bond acceptors (Lipinski definition) is 6. The van der Waals surface area contributed by atoms with Crippen LogP contribution in [-0.4, -0.2) is 44.0 Å². The molecule has 0 amide bonds. The molecule has 2 aromatic rings. The van der Waals surface area contributed by atoms with Gasteiger partial charge in [-0.3, -0.25) is 0 Å². The van der Waals surface area contributed by atoms with Crippen LogP contribution < -0.4 is 5.73 Å². The van der Waals surface area contributed by atoms with Crippen molar-refractivity contribution in [3.63, 3.8) is 0 Å². The first-order valence-corrected chi connectivity index (χ1v) is 9.36. The molecule has 2 aromatic heterocycles. The molecule has 2 fully saturated rings. The average molecular weight is 368 g/mol. The minimum absolute atomic E-state index is 0.0941. The van der Waals surface area contributed by atoms with Gasteiger partial charge in [-0.05, 0) is 32.1 Å². The third-order valence-electron chi connectivity index (χ3n) is 5.21. The van der Waals surface area contributed by atoms with Crippen molar-refractivity contribution < 1.29 is 9.84 Å². The van der Waals surface area contributed by atoms with E-state index in [1.54, 1.807) is 10.7 Å². The molecule has 1 saturated heterocycles. The third kappa shape index (κ3) is 3.88. The number of aliphatic hydroxyl groups is 1. The van der Waals surface area contributed by atoms with E-state index >= 15 is 0 Å². The Balaban J connectivity index is 0.000000219. The standard InChI is InChI=1S/C12H16ClN5.C5H10O2/c1-2-12(5-3-4-6-12)10-16-9(13)8-7-15-11(14)17-18(8)10;6-5-2-1-3-7-4-5/h7H,2-6H2,1H3,(H2,14,17);5-6H,1-4H2. The fourth-order valence-electron chi connectivity index (χ4n) is 3.72. The number of anilines is 1. The number of nitrogens with zero attached hydrogens (tertiary/aromatic N) is 4. The number of halogens is 1. The molecule has 1 aliphatic heterocycles. The molecule has 0 radical (unpaired) electrons. The van der Waals surface area contributed by atoms with E-state index < -0.39 is 0 Å². The van der Waals surface area contributed by atoms with Crippen molar-refractivity contribution in [2.24, 2.45) is 0 Å². The van der Waals surface area contributed by atoms with Gasteiger partial charge in [0.1, 0.15) is 11.3 Å². The zero-order valence-corrected chi connectivity index (χ0v) is 15.4. The summed E-state index contributed by atoms with van der Waals surface area (Å²) in [5.74, 6) is 1.19. The van der Waals surface area contributed by atoms with Gasteiger partial charge in [0.15, 0.2) is 5.15 Å². The maximum atomic E-state index is 8.78. The fraction of sp³-hybridized carbons (Fsp3) is 0.706. The highest BCUT2D eigenvalue weighted by Gasteiger charge is 2.38. The van der Waals surface area contributed by atoms with Crippen LogP contribution in [0.1, 0.15) is 57.7 Å². The van der Waals surface area contributed by atoms with Gasteiger partial charge < -0.3 is 15.6 Å². The first-order chi connectivity index (χ1) is 12.1. The lowest BCUT2D eigenvalue weighted by Crippen LogP contribution is -2.25. The highest BCUT2D eigenvalue weighted by Crippen LogP contribution is 2.43. The molecule has 1 aliphatic carbocycles. The lowest BCUT2D eigenvalue weighted by Gasteiger charge is -2.25.